The highest BCUT2D eigenvalue weighted by molar-refractivity contribution is 5.90. The summed E-state index contributed by atoms with van der Waals surface area (Å²) in [6.07, 6.45) is 1.24. The molecule has 16 heavy (non-hydrogen) atoms. The Hall–Kier alpha value is -1.30. The number of nitrogens with two attached hydrogens (primary N) is 1. The SMILES string of the molecule is CCC(NC(=O)C1CCOC1C)C(N)=NO. The molecular formula is C10H19N3O3. The topological polar surface area (TPSA) is 96.9 Å². The van der Waals surface area contributed by atoms with Gasteiger partial charge in [0.25, 0.3) is 0 Å². The van der Waals surface area contributed by atoms with Gasteiger partial charge in [-0.2, -0.15) is 0 Å². The largest absolute Gasteiger partial charge is 0.409 e. The number of hydrogen-bond acceptors (Lipinski definition) is 4. The summed E-state index contributed by atoms with van der Waals surface area (Å²) in [5.74, 6) is -0.202. The number of oxime groups is 1. The van der Waals surface area contributed by atoms with Gasteiger partial charge in [-0.1, -0.05) is 12.1 Å². The van der Waals surface area contributed by atoms with Crippen LogP contribution in [0.1, 0.15) is 26.7 Å². The van der Waals surface area contributed by atoms with Crippen molar-refractivity contribution in [3.63, 3.8) is 0 Å². The van der Waals surface area contributed by atoms with Gasteiger partial charge in [0, 0.05) is 6.61 Å². The third-order valence-electron chi connectivity index (χ3n) is 2.91. The number of carbonyl (C=O) groups excluding carboxylic acids is 1. The number of ether oxygens (including phenoxy) is 1. The van der Waals surface area contributed by atoms with Crippen LogP contribution >= 0.6 is 0 Å². The van der Waals surface area contributed by atoms with E-state index in [9.17, 15) is 4.79 Å². The lowest BCUT2D eigenvalue weighted by molar-refractivity contribution is -0.126. The summed E-state index contributed by atoms with van der Waals surface area (Å²) in [4.78, 5) is 11.9. The van der Waals surface area contributed by atoms with Crippen molar-refractivity contribution in [3.8, 4) is 0 Å². The number of hydrogen-bond donors (Lipinski definition) is 3. The molecule has 6 heteroatoms. The quantitative estimate of drug-likeness (QED) is 0.275. The minimum atomic E-state index is -0.412. The predicted molar refractivity (Wildman–Crippen MR) is 59.2 cm³/mol. The Bertz CT molecular complexity index is 280. The first-order valence-corrected chi connectivity index (χ1v) is 5.49. The van der Waals surface area contributed by atoms with Gasteiger partial charge in [0.15, 0.2) is 5.84 Å². The van der Waals surface area contributed by atoms with Crippen LogP contribution in [0.25, 0.3) is 0 Å². The zero-order valence-electron chi connectivity index (χ0n) is 9.64. The second kappa shape index (κ2) is 5.69. The fraction of sp³-hybridized carbons (Fsp3) is 0.800. The Labute approximate surface area is 94.8 Å². The predicted octanol–water partition coefficient (Wildman–Crippen LogP) is 0.0526. The zero-order valence-corrected chi connectivity index (χ0v) is 9.64. The van der Waals surface area contributed by atoms with E-state index >= 15 is 0 Å². The summed E-state index contributed by atoms with van der Waals surface area (Å²) < 4.78 is 5.32. The van der Waals surface area contributed by atoms with Gasteiger partial charge in [0.1, 0.15) is 0 Å². The van der Waals surface area contributed by atoms with Crippen LogP contribution in [-0.4, -0.2) is 35.7 Å². The Kier molecular flexibility index (Phi) is 4.54. The highest BCUT2D eigenvalue weighted by Crippen LogP contribution is 2.20. The van der Waals surface area contributed by atoms with E-state index in [4.69, 9.17) is 15.7 Å². The molecule has 1 rings (SSSR count). The summed E-state index contributed by atoms with van der Waals surface area (Å²) in [6.45, 7) is 4.35. The highest BCUT2D eigenvalue weighted by atomic mass is 16.5. The molecule has 1 amide bonds. The number of nitrogens with one attached hydrogen (secondary N) is 1. The molecule has 4 N–H and O–H groups in total. The molecule has 1 aliphatic rings. The molecule has 0 saturated carbocycles. The molecular weight excluding hydrogens is 210 g/mol. The van der Waals surface area contributed by atoms with Crippen LogP contribution in [0.5, 0.6) is 0 Å². The summed E-state index contributed by atoms with van der Waals surface area (Å²) in [6, 6.07) is -0.412. The average molecular weight is 229 g/mol. The van der Waals surface area contributed by atoms with E-state index in [0.29, 0.717) is 13.0 Å². The number of rotatable bonds is 4. The van der Waals surface area contributed by atoms with Crippen molar-refractivity contribution in [2.75, 3.05) is 6.61 Å². The molecule has 0 bridgehead atoms. The monoisotopic (exact) mass is 229 g/mol. The van der Waals surface area contributed by atoms with Crippen LogP contribution < -0.4 is 11.1 Å². The molecule has 0 aromatic carbocycles. The van der Waals surface area contributed by atoms with Crippen molar-refractivity contribution in [2.24, 2.45) is 16.8 Å². The van der Waals surface area contributed by atoms with Crippen molar-refractivity contribution in [3.05, 3.63) is 0 Å². The van der Waals surface area contributed by atoms with Crippen molar-refractivity contribution < 1.29 is 14.7 Å². The fourth-order valence-electron chi connectivity index (χ4n) is 1.81. The van der Waals surface area contributed by atoms with E-state index in [1.54, 1.807) is 0 Å². The van der Waals surface area contributed by atoms with Crippen LogP contribution in [0.2, 0.25) is 0 Å². The van der Waals surface area contributed by atoms with E-state index in [0.717, 1.165) is 6.42 Å². The molecule has 1 aliphatic heterocycles. The molecule has 92 valence electrons. The van der Waals surface area contributed by atoms with Crippen molar-refractivity contribution in [1.82, 2.24) is 5.32 Å². The molecule has 1 heterocycles. The first-order chi connectivity index (χ1) is 7.60. The Morgan fingerprint density at radius 1 is 1.75 bits per heavy atom. The molecule has 0 aromatic rings. The van der Waals surface area contributed by atoms with Crippen LogP contribution in [0.4, 0.5) is 0 Å². The Balaban J connectivity index is 2.55. The van der Waals surface area contributed by atoms with Gasteiger partial charge >= 0.3 is 0 Å². The van der Waals surface area contributed by atoms with Crippen molar-refractivity contribution in [2.45, 2.75) is 38.8 Å². The van der Waals surface area contributed by atoms with Gasteiger partial charge in [0.2, 0.25) is 5.91 Å². The van der Waals surface area contributed by atoms with E-state index in [1.165, 1.54) is 0 Å². The van der Waals surface area contributed by atoms with Crippen LogP contribution in [0.3, 0.4) is 0 Å². The molecule has 1 saturated heterocycles. The summed E-state index contributed by atoms with van der Waals surface area (Å²) >= 11 is 0. The van der Waals surface area contributed by atoms with E-state index in [1.807, 2.05) is 13.8 Å². The van der Waals surface area contributed by atoms with Crippen molar-refractivity contribution in [1.29, 1.82) is 0 Å². The Morgan fingerprint density at radius 3 is 2.88 bits per heavy atom. The summed E-state index contributed by atoms with van der Waals surface area (Å²) in [7, 11) is 0. The lowest BCUT2D eigenvalue weighted by Gasteiger charge is -2.19. The Morgan fingerprint density at radius 2 is 2.44 bits per heavy atom. The van der Waals surface area contributed by atoms with Crippen LogP contribution in [0.15, 0.2) is 5.16 Å². The molecule has 6 nitrogen and oxygen atoms in total. The summed E-state index contributed by atoms with van der Waals surface area (Å²) in [5, 5.41) is 14.2. The van der Waals surface area contributed by atoms with E-state index in [-0.39, 0.29) is 23.8 Å². The third kappa shape index (κ3) is 2.85. The minimum Gasteiger partial charge on any atom is -0.409 e. The second-order valence-corrected chi connectivity index (χ2v) is 3.97. The van der Waals surface area contributed by atoms with Gasteiger partial charge in [-0.15, -0.1) is 0 Å². The van der Waals surface area contributed by atoms with Crippen LogP contribution in [-0.2, 0) is 9.53 Å². The fourth-order valence-corrected chi connectivity index (χ4v) is 1.81. The molecule has 0 radical (unpaired) electrons. The van der Waals surface area contributed by atoms with Crippen LogP contribution in [0, 0.1) is 5.92 Å². The molecule has 0 aromatic heterocycles. The van der Waals surface area contributed by atoms with Crippen molar-refractivity contribution >= 4 is 11.7 Å². The lowest BCUT2D eigenvalue weighted by atomic mass is 10.0. The molecule has 0 spiro atoms. The number of amides is 1. The normalized spacial score (nSPS) is 27.8. The number of nitrogens with zero attached hydrogens (tertiary/aromatic N) is 1. The minimum absolute atomic E-state index is 0.0300. The van der Waals surface area contributed by atoms with E-state index < -0.39 is 6.04 Å². The van der Waals surface area contributed by atoms with Gasteiger partial charge in [-0.3, -0.25) is 4.79 Å². The average Bonchev–Trinajstić information content (AvgIpc) is 2.71. The maximum atomic E-state index is 11.9. The van der Waals surface area contributed by atoms with Gasteiger partial charge in [-0.05, 0) is 19.8 Å². The lowest BCUT2D eigenvalue weighted by Crippen LogP contribution is -2.47. The maximum Gasteiger partial charge on any atom is 0.226 e. The first kappa shape index (κ1) is 12.8. The number of amidine groups is 1. The molecule has 1 fully saturated rings. The summed E-state index contributed by atoms with van der Waals surface area (Å²) in [5.41, 5.74) is 5.46. The van der Waals surface area contributed by atoms with Gasteiger partial charge in [-0.25, -0.2) is 0 Å². The second-order valence-electron chi connectivity index (χ2n) is 3.97. The molecule has 3 unspecified atom stereocenters. The first-order valence-electron chi connectivity index (χ1n) is 5.49. The standard InChI is InChI=1S/C10H19N3O3/c1-3-8(9(11)13-15)12-10(14)7-4-5-16-6(7)2/h6-8,15H,3-5H2,1-2H3,(H2,11,13)(H,12,14). The van der Waals surface area contributed by atoms with Gasteiger partial charge in [0.05, 0.1) is 18.1 Å². The van der Waals surface area contributed by atoms with E-state index in [2.05, 4.69) is 10.5 Å². The zero-order chi connectivity index (χ0) is 12.1. The highest BCUT2D eigenvalue weighted by Gasteiger charge is 2.32. The van der Waals surface area contributed by atoms with Gasteiger partial charge < -0.3 is 21.0 Å². The third-order valence-corrected chi connectivity index (χ3v) is 2.91. The molecule has 0 aliphatic carbocycles. The maximum absolute atomic E-state index is 11.9. The number of carbonyl (C=O) groups is 1. The molecule has 3 atom stereocenters. The smallest absolute Gasteiger partial charge is 0.226 e.